The number of rotatable bonds is 2. The predicted molar refractivity (Wildman–Crippen MR) is 61.6 cm³/mol. The van der Waals surface area contributed by atoms with Gasteiger partial charge in [0.25, 0.3) is 0 Å². The van der Waals surface area contributed by atoms with Crippen LogP contribution in [-0.2, 0) is 6.42 Å². The molecule has 0 aliphatic heterocycles. The highest BCUT2D eigenvalue weighted by atomic mass is 32.1. The first-order valence-electron chi connectivity index (χ1n) is 4.80. The summed E-state index contributed by atoms with van der Waals surface area (Å²) >= 11 is 1.51. The minimum absolute atomic E-state index is 0.256. The van der Waals surface area contributed by atoms with Crippen LogP contribution in [-0.4, -0.2) is 4.98 Å². The first kappa shape index (κ1) is 10.8. The Hall–Kier alpha value is -1.73. The van der Waals surface area contributed by atoms with E-state index in [0.717, 1.165) is 21.1 Å². The van der Waals surface area contributed by atoms with Gasteiger partial charge in [-0.05, 0) is 31.2 Å². The molecule has 16 heavy (non-hydrogen) atoms. The number of halogens is 1. The van der Waals surface area contributed by atoms with Crippen molar-refractivity contribution in [2.75, 3.05) is 0 Å². The minimum Gasteiger partial charge on any atom is -0.240 e. The lowest BCUT2D eigenvalue weighted by molar-refractivity contribution is 0.628. The third-order valence-corrected chi connectivity index (χ3v) is 3.16. The van der Waals surface area contributed by atoms with Crippen molar-refractivity contribution >= 4 is 11.3 Å². The van der Waals surface area contributed by atoms with Crippen molar-refractivity contribution in [2.24, 2.45) is 0 Å². The van der Waals surface area contributed by atoms with Crippen molar-refractivity contribution in [1.29, 1.82) is 5.26 Å². The topological polar surface area (TPSA) is 36.7 Å². The highest BCUT2D eigenvalue weighted by molar-refractivity contribution is 7.12. The molecule has 0 fully saturated rings. The minimum atomic E-state index is -0.256. The highest BCUT2D eigenvalue weighted by Gasteiger charge is 2.09. The maximum absolute atomic E-state index is 12.8. The van der Waals surface area contributed by atoms with Crippen molar-refractivity contribution < 1.29 is 4.39 Å². The van der Waals surface area contributed by atoms with Gasteiger partial charge in [-0.1, -0.05) is 0 Å². The van der Waals surface area contributed by atoms with Crippen LogP contribution < -0.4 is 0 Å². The largest absolute Gasteiger partial charge is 0.240 e. The fourth-order valence-corrected chi connectivity index (χ4v) is 2.36. The molecular weight excluding hydrogens is 223 g/mol. The van der Waals surface area contributed by atoms with E-state index in [1.807, 2.05) is 6.92 Å². The molecule has 2 rings (SSSR count). The number of hydrogen-bond acceptors (Lipinski definition) is 3. The van der Waals surface area contributed by atoms with Gasteiger partial charge in [-0.25, -0.2) is 9.37 Å². The number of aryl methyl sites for hydroxylation is 1. The lowest BCUT2D eigenvalue weighted by Crippen LogP contribution is -1.83. The molecule has 1 heterocycles. The predicted octanol–water partition coefficient (Wildman–Crippen LogP) is 3.32. The van der Waals surface area contributed by atoms with Crippen LogP contribution in [0.4, 0.5) is 4.39 Å². The van der Waals surface area contributed by atoms with Crippen LogP contribution in [0, 0.1) is 24.1 Å². The Bertz CT molecular complexity index is 537. The van der Waals surface area contributed by atoms with Gasteiger partial charge < -0.3 is 0 Å². The molecule has 1 aromatic heterocycles. The summed E-state index contributed by atoms with van der Waals surface area (Å²) in [5, 5.41) is 9.40. The summed E-state index contributed by atoms with van der Waals surface area (Å²) in [6, 6.07) is 8.31. The number of benzene rings is 1. The lowest BCUT2D eigenvalue weighted by Gasteiger charge is -1.97. The second-order valence-electron chi connectivity index (χ2n) is 3.35. The van der Waals surface area contributed by atoms with Gasteiger partial charge in [0.15, 0.2) is 0 Å². The van der Waals surface area contributed by atoms with E-state index in [0.29, 0.717) is 6.42 Å². The second-order valence-corrected chi connectivity index (χ2v) is 4.64. The van der Waals surface area contributed by atoms with E-state index in [-0.39, 0.29) is 5.82 Å². The number of aromatic nitrogens is 1. The van der Waals surface area contributed by atoms with E-state index in [4.69, 9.17) is 5.26 Å². The number of hydrogen-bond donors (Lipinski definition) is 0. The fraction of sp³-hybridized carbons (Fsp3) is 0.167. The second kappa shape index (κ2) is 4.42. The summed E-state index contributed by atoms with van der Waals surface area (Å²) in [5.74, 6) is -0.256. The van der Waals surface area contributed by atoms with Crippen LogP contribution in [0.5, 0.6) is 0 Å². The normalized spacial score (nSPS) is 10.1. The van der Waals surface area contributed by atoms with Crippen molar-refractivity contribution in [2.45, 2.75) is 13.3 Å². The summed E-state index contributed by atoms with van der Waals surface area (Å²) < 4.78 is 12.8. The number of thiazole rings is 1. The maximum atomic E-state index is 12.8. The summed E-state index contributed by atoms with van der Waals surface area (Å²) in [7, 11) is 0. The average molecular weight is 232 g/mol. The highest BCUT2D eigenvalue weighted by Crippen LogP contribution is 2.27. The summed E-state index contributed by atoms with van der Waals surface area (Å²) in [6.45, 7) is 1.96. The van der Waals surface area contributed by atoms with Gasteiger partial charge in [0.05, 0.1) is 18.2 Å². The maximum Gasteiger partial charge on any atom is 0.123 e. The molecule has 0 amide bonds. The van der Waals surface area contributed by atoms with Gasteiger partial charge in [-0.2, -0.15) is 5.26 Å². The van der Waals surface area contributed by atoms with E-state index in [9.17, 15) is 4.39 Å². The molecule has 0 saturated heterocycles. The molecule has 0 unspecified atom stereocenters. The molecule has 0 atom stereocenters. The standard InChI is InChI=1S/C12H9FN2S/c1-8-12(15-11(16-8)6-7-14)9-2-4-10(13)5-3-9/h2-5H,6H2,1H3. The smallest absolute Gasteiger partial charge is 0.123 e. The Morgan fingerprint density at radius 2 is 2.06 bits per heavy atom. The molecule has 0 saturated carbocycles. The van der Waals surface area contributed by atoms with Crippen LogP contribution in [0.3, 0.4) is 0 Å². The Balaban J connectivity index is 2.40. The summed E-state index contributed by atoms with van der Waals surface area (Å²) in [6.07, 6.45) is 0.326. The van der Waals surface area contributed by atoms with Gasteiger partial charge in [-0.15, -0.1) is 11.3 Å². The fourth-order valence-electron chi connectivity index (χ4n) is 1.47. The molecule has 2 aromatic rings. The monoisotopic (exact) mass is 232 g/mol. The molecule has 0 aliphatic rings. The average Bonchev–Trinajstić information content (AvgIpc) is 2.61. The van der Waals surface area contributed by atoms with Crippen LogP contribution >= 0.6 is 11.3 Å². The van der Waals surface area contributed by atoms with Gasteiger partial charge in [0, 0.05) is 10.4 Å². The van der Waals surface area contributed by atoms with E-state index >= 15 is 0 Å². The van der Waals surface area contributed by atoms with E-state index < -0.39 is 0 Å². The third kappa shape index (κ3) is 2.10. The first-order chi connectivity index (χ1) is 7.70. The molecule has 1 aromatic carbocycles. The van der Waals surface area contributed by atoms with Crippen molar-refractivity contribution in [3.8, 4) is 17.3 Å². The van der Waals surface area contributed by atoms with Gasteiger partial charge >= 0.3 is 0 Å². The zero-order valence-corrected chi connectivity index (χ0v) is 9.51. The molecule has 0 bridgehead atoms. The molecular formula is C12H9FN2S. The molecule has 0 radical (unpaired) electrons. The lowest BCUT2D eigenvalue weighted by atomic mass is 10.1. The SMILES string of the molecule is Cc1sc(CC#N)nc1-c1ccc(F)cc1. The number of nitriles is 1. The van der Waals surface area contributed by atoms with Crippen LogP contribution in [0.15, 0.2) is 24.3 Å². The van der Waals surface area contributed by atoms with Crippen molar-refractivity contribution in [1.82, 2.24) is 4.98 Å². The molecule has 4 heteroatoms. The molecule has 80 valence electrons. The zero-order chi connectivity index (χ0) is 11.5. The molecule has 2 nitrogen and oxygen atoms in total. The van der Waals surface area contributed by atoms with Gasteiger partial charge in [-0.3, -0.25) is 0 Å². The Labute approximate surface area is 97.0 Å². The van der Waals surface area contributed by atoms with Crippen LogP contribution in [0.25, 0.3) is 11.3 Å². The van der Waals surface area contributed by atoms with E-state index in [1.165, 1.54) is 23.5 Å². The van der Waals surface area contributed by atoms with Crippen molar-refractivity contribution in [3.05, 3.63) is 40.0 Å². The Kier molecular flexibility index (Phi) is 2.97. The van der Waals surface area contributed by atoms with E-state index in [2.05, 4.69) is 11.1 Å². The zero-order valence-electron chi connectivity index (χ0n) is 8.70. The molecule has 0 N–H and O–H groups in total. The summed E-state index contributed by atoms with van der Waals surface area (Å²) in [5.41, 5.74) is 1.73. The third-order valence-electron chi connectivity index (χ3n) is 2.19. The summed E-state index contributed by atoms with van der Waals surface area (Å²) in [4.78, 5) is 5.43. The quantitative estimate of drug-likeness (QED) is 0.796. The van der Waals surface area contributed by atoms with Crippen molar-refractivity contribution in [3.63, 3.8) is 0 Å². The van der Waals surface area contributed by atoms with E-state index in [1.54, 1.807) is 12.1 Å². The number of nitrogens with zero attached hydrogens (tertiary/aromatic N) is 2. The molecule has 0 spiro atoms. The van der Waals surface area contributed by atoms with Crippen LogP contribution in [0.1, 0.15) is 9.88 Å². The first-order valence-corrected chi connectivity index (χ1v) is 5.61. The van der Waals surface area contributed by atoms with Gasteiger partial charge in [0.2, 0.25) is 0 Å². The van der Waals surface area contributed by atoms with Crippen LogP contribution in [0.2, 0.25) is 0 Å². The Morgan fingerprint density at radius 3 is 2.69 bits per heavy atom. The molecule has 0 aliphatic carbocycles. The Morgan fingerprint density at radius 1 is 1.38 bits per heavy atom. The van der Waals surface area contributed by atoms with Gasteiger partial charge in [0.1, 0.15) is 10.8 Å².